The smallest absolute Gasteiger partial charge is 0.267 e. The Labute approximate surface area is 132 Å². The number of hydrogen-bond donors (Lipinski definition) is 1. The molecule has 3 rings (SSSR count). The minimum Gasteiger partial charge on any atom is -0.481 e. The van der Waals surface area contributed by atoms with Crippen molar-refractivity contribution < 1.29 is 13.9 Å². The Morgan fingerprint density at radius 2 is 1.96 bits per heavy atom. The van der Waals surface area contributed by atoms with Gasteiger partial charge in [0.1, 0.15) is 5.75 Å². The molecular formula is C15H17N5O3. The average Bonchev–Trinajstić information content (AvgIpc) is 3.18. The van der Waals surface area contributed by atoms with E-state index in [9.17, 15) is 0 Å². The van der Waals surface area contributed by atoms with Crippen LogP contribution in [0.1, 0.15) is 37.8 Å². The SMILES string of the molecule is CCCc1ccc(O[C@@H](C)c2nc(-c3nonc3N)no2)cc1. The lowest BCUT2D eigenvalue weighted by molar-refractivity contribution is 0.176. The molecule has 0 aliphatic rings. The van der Waals surface area contributed by atoms with Crippen molar-refractivity contribution in [3.63, 3.8) is 0 Å². The first-order valence-electron chi connectivity index (χ1n) is 7.35. The topological polar surface area (TPSA) is 113 Å². The first-order chi connectivity index (χ1) is 11.2. The summed E-state index contributed by atoms with van der Waals surface area (Å²) in [4.78, 5) is 4.21. The maximum Gasteiger partial charge on any atom is 0.267 e. The Morgan fingerprint density at radius 1 is 1.17 bits per heavy atom. The van der Waals surface area contributed by atoms with Gasteiger partial charge in [-0.1, -0.05) is 30.6 Å². The predicted octanol–water partition coefficient (Wildman–Crippen LogP) is 2.79. The number of nitrogen functional groups attached to an aromatic ring is 1. The van der Waals surface area contributed by atoms with Crippen LogP contribution < -0.4 is 10.5 Å². The molecule has 0 saturated heterocycles. The number of nitrogens with two attached hydrogens (primary N) is 1. The summed E-state index contributed by atoms with van der Waals surface area (Å²) >= 11 is 0. The monoisotopic (exact) mass is 315 g/mol. The fourth-order valence-corrected chi connectivity index (χ4v) is 2.12. The van der Waals surface area contributed by atoms with E-state index in [1.165, 1.54) is 5.56 Å². The largest absolute Gasteiger partial charge is 0.481 e. The molecule has 3 aromatic rings. The number of aryl methyl sites for hydroxylation is 1. The van der Waals surface area contributed by atoms with Crippen molar-refractivity contribution in [2.45, 2.75) is 32.8 Å². The molecule has 2 N–H and O–H groups in total. The van der Waals surface area contributed by atoms with Crippen molar-refractivity contribution in [2.24, 2.45) is 0 Å². The summed E-state index contributed by atoms with van der Waals surface area (Å²) in [5.74, 6) is 1.38. The van der Waals surface area contributed by atoms with E-state index in [0.29, 0.717) is 5.89 Å². The summed E-state index contributed by atoms with van der Waals surface area (Å²) in [6, 6.07) is 7.95. The maximum absolute atomic E-state index is 5.81. The third kappa shape index (κ3) is 3.31. The highest BCUT2D eigenvalue weighted by Crippen LogP contribution is 2.24. The first kappa shape index (κ1) is 15.0. The van der Waals surface area contributed by atoms with Gasteiger partial charge in [0.25, 0.3) is 5.89 Å². The Kier molecular flexibility index (Phi) is 4.22. The highest BCUT2D eigenvalue weighted by molar-refractivity contribution is 5.61. The molecule has 0 spiro atoms. The van der Waals surface area contributed by atoms with Crippen LogP contribution in [0, 0.1) is 0 Å². The fraction of sp³-hybridized carbons (Fsp3) is 0.333. The van der Waals surface area contributed by atoms with E-state index in [-0.39, 0.29) is 17.3 Å². The lowest BCUT2D eigenvalue weighted by atomic mass is 10.1. The summed E-state index contributed by atoms with van der Waals surface area (Å²) in [5, 5.41) is 10.9. The standard InChI is InChI=1S/C15H17N5O3/c1-3-4-10-5-7-11(8-6-10)21-9(2)15-17-14(20-22-15)12-13(16)19-23-18-12/h5-9H,3-4H2,1-2H3,(H2,16,19)/t9-/m0/s1. The quantitative estimate of drug-likeness (QED) is 0.738. The van der Waals surface area contributed by atoms with Gasteiger partial charge in [-0.2, -0.15) is 4.98 Å². The van der Waals surface area contributed by atoms with Crippen LogP contribution in [0.15, 0.2) is 33.4 Å². The van der Waals surface area contributed by atoms with E-state index in [1.54, 1.807) is 0 Å². The van der Waals surface area contributed by atoms with Crippen molar-refractivity contribution in [2.75, 3.05) is 5.73 Å². The van der Waals surface area contributed by atoms with Crippen molar-refractivity contribution in [1.82, 2.24) is 20.5 Å². The summed E-state index contributed by atoms with van der Waals surface area (Å²) in [6.07, 6.45) is 1.76. The molecule has 0 fully saturated rings. The summed E-state index contributed by atoms with van der Waals surface area (Å²) in [5.41, 5.74) is 7.13. The van der Waals surface area contributed by atoms with Crippen molar-refractivity contribution >= 4 is 5.82 Å². The molecule has 8 nitrogen and oxygen atoms in total. The molecule has 2 aromatic heterocycles. The lowest BCUT2D eigenvalue weighted by Crippen LogP contribution is -2.03. The normalized spacial score (nSPS) is 12.3. The minimum absolute atomic E-state index is 0.109. The van der Waals surface area contributed by atoms with Crippen LogP contribution in [0.2, 0.25) is 0 Å². The third-order valence-corrected chi connectivity index (χ3v) is 3.29. The maximum atomic E-state index is 5.81. The number of nitrogens with zero attached hydrogens (tertiary/aromatic N) is 4. The second-order valence-corrected chi connectivity index (χ2v) is 5.11. The van der Waals surface area contributed by atoms with Crippen LogP contribution >= 0.6 is 0 Å². The zero-order valence-corrected chi connectivity index (χ0v) is 12.9. The van der Waals surface area contributed by atoms with Crippen LogP contribution in [0.4, 0.5) is 5.82 Å². The molecule has 0 aliphatic heterocycles. The molecule has 0 amide bonds. The van der Waals surface area contributed by atoms with Crippen molar-refractivity contribution in [1.29, 1.82) is 0 Å². The van der Waals surface area contributed by atoms with Gasteiger partial charge in [-0.05, 0) is 41.4 Å². The van der Waals surface area contributed by atoms with Gasteiger partial charge in [0, 0.05) is 0 Å². The number of benzene rings is 1. The van der Waals surface area contributed by atoms with Gasteiger partial charge in [-0.25, -0.2) is 4.63 Å². The average molecular weight is 315 g/mol. The second-order valence-electron chi connectivity index (χ2n) is 5.11. The van der Waals surface area contributed by atoms with E-state index in [2.05, 4.69) is 32.0 Å². The second kappa shape index (κ2) is 6.47. The zero-order valence-electron chi connectivity index (χ0n) is 12.9. The highest BCUT2D eigenvalue weighted by atomic mass is 16.6. The molecule has 0 radical (unpaired) electrons. The van der Waals surface area contributed by atoms with Crippen LogP contribution in [-0.2, 0) is 6.42 Å². The van der Waals surface area contributed by atoms with E-state index in [0.717, 1.165) is 18.6 Å². The summed E-state index contributed by atoms with van der Waals surface area (Å²) in [7, 11) is 0. The Morgan fingerprint density at radius 3 is 2.61 bits per heavy atom. The van der Waals surface area contributed by atoms with Crippen LogP contribution in [-0.4, -0.2) is 20.5 Å². The van der Waals surface area contributed by atoms with Crippen molar-refractivity contribution in [3.8, 4) is 17.3 Å². The Balaban J connectivity index is 1.70. The minimum atomic E-state index is -0.408. The molecule has 0 saturated carbocycles. The van der Waals surface area contributed by atoms with Crippen LogP contribution in [0.5, 0.6) is 5.75 Å². The fourth-order valence-electron chi connectivity index (χ4n) is 2.12. The van der Waals surface area contributed by atoms with Crippen LogP contribution in [0.25, 0.3) is 11.5 Å². The zero-order chi connectivity index (χ0) is 16.2. The van der Waals surface area contributed by atoms with Crippen LogP contribution in [0.3, 0.4) is 0 Å². The predicted molar refractivity (Wildman–Crippen MR) is 81.5 cm³/mol. The third-order valence-electron chi connectivity index (χ3n) is 3.29. The van der Waals surface area contributed by atoms with E-state index < -0.39 is 6.10 Å². The molecule has 1 aromatic carbocycles. The molecule has 8 heteroatoms. The molecular weight excluding hydrogens is 298 g/mol. The molecule has 23 heavy (non-hydrogen) atoms. The van der Waals surface area contributed by atoms with Gasteiger partial charge in [-0.15, -0.1) is 0 Å². The highest BCUT2D eigenvalue weighted by Gasteiger charge is 2.20. The van der Waals surface area contributed by atoms with Gasteiger partial charge in [0.05, 0.1) is 0 Å². The van der Waals surface area contributed by atoms with E-state index >= 15 is 0 Å². The van der Waals surface area contributed by atoms with Gasteiger partial charge >= 0.3 is 0 Å². The van der Waals surface area contributed by atoms with Gasteiger partial charge in [0.15, 0.2) is 17.6 Å². The summed E-state index contributed by atoms with van der Waals surface area (Å²) in [6.45, 7) is 3.97. The van der Waals surface area contributed by atoms with Gasteiger partial charge in [0.2, 0.25) is 5.82 Å². The Bertz CT molecular complexity index is 766. The molecule has 0 unspecified atom stereocenters. The number of anilines is 1. The first-order valence-corrected chi connectivity index (χ1v) is 7.35. The summed E-state index contributed by atoms with van der Waals surface area (Å²) < 4.78 is 15.5. The van der Waals surface area contributed by atoms with E-state index in [4.69, 9.17) is 15.0 Å². The molecule has 1 atom stereocenters. The van der Waals surface area contributed by atoms with Crippen molar-refractivity contribution in [3.05, 3.63) is 35.7 Å². The Hall–Kier alpha value is -2.90. The molecule has 0 bridgehead atoms. The number of rotatable bonds is 6. The number of aromatic nitrogens is 4. The molecule has 120 valence electrons. The van der Waals surface area contributed by atoms with Gasteiger partial charge in [-0.3, -0.25) is 0 Å². The number of ether oxygens (including phenoxy) is 1. The molecule has 0 aliphatic carbocycles. The van der Waals surface area contributed by atoms with E-state index in [1.807, 2.05) is 31.2 Å². The number of hydrogen-bond acceptors (Lipinski definition) is 8. The van der Waals surface area contributed by atoms with Gasteiger partial charge < -0.3 is 15.0 Å². The molecule has 2 heterocycles. The lowest BCUT2D eigenvalue weighted by Gasteiger charge is -2.11.